The minimum absolute atomic E-state index is 0.0269. The zero-order chi connectivity index (χ0) is 10.4. The predicted molar refractivity (Wildman–Crippen MR) is 53.0 cm³/mol. The van der Waals surface area contributed by atoms with E-state index in [0.29, 0.717) is 18.0 Å². The fourth-order valence-electron chi connectivity index (χ4n) is 0.882. The van der Waals surface area contributed by atoms with Crippen molar-refractivity contribution in [3.63, 3.8) is 0 Å². The quantitative estimate of drug-likeness (QED) is 0.445. The summed E-state index contributed by atoms with van der Waals surface area (Å²) >= 11 is 0. The molecule has 0 aliphatic carbocycles. The molecule has 4 heteroatoms. The zero-order valence-corrected chi connectivity index (χ0v) is 8.03. The second-order valence-electron chi connectivity index (χ2n) is 2.68. The number of benzene rings is 1. The number of anilines is 1. The van der Waals surface area contributed by atoms with Crippen molar-refractivity contribution in [1.82, 2.24) is 0 Å². The van der Waals surface area contributed by atoms with Gasteiger partial charge in [0.1, 0.15) is 12.4 Å². The number of hydrogen-bond acceptors (Lipinski definition) is 4. The van der Waals surface area contributed by atoms with Crippen LogP contribution in [0.3, 0.4) is 0 Å². The Balaban J connectivity index is 2.44. The summed E-state index contributed by atoms with van der Waals surface area (Å²) in [5, 5.41) is 0. The highest BCUT2D eigenvalue weighted by atomic mass is 16.6. The first kappa shape index (κ1) is 10.5. The number of carbonyl (C=O) groups is 1. The van der Waals surface area contributed by atoms with Crippen LogP contribution in [0.5, 0.6) is 5.75 Å². The number of nitrogens with two attached hydrogens (primary N) is 1. The summed E-state index contributed by atoms with van der Waals surface area (Å²) in [5.74, 6) is 0.0699. The number of nitrogen functional groups attached to an aromatic ring is 1. The maximum atomic E-state index is 11.1. The van der Waals surface area contributed by atoms with Gasteiger partial charge in [-0.15, -0.1) is 0 Å². The molecule has 0 saturated heterocycles. The largest absolute Gasteiger partial charge is 0.425 e. The van der Waals surface area contributed by atoms with E-state index in [9.17, 15) is 4.79 Å². The first-order chi connectivity index (χ1) is 6.72. The van der Waals surface area contributed by atoms with E-state index in [2.05, 4.69) is 0 Å². The molecule has 1 aromatic rings. The first-order valence-electron chi connectivity index (χ1n) is 4.36. The van der Waals surface area contributed by atoms with Crippen molar-refractivity contribution in [1.29, 1.82) is 0 Å². The highest BCUT2D eigenvalue weighted by Gasteiger charge is 2.03. The Bertz CT molecular complexity index is 295. The van der Waals surface area contributed by atoms with Crippen LogP contribution in [0.1, 0.15) is 6.92 Å². The van der Waals surface area contributed by atoms with Crippen LogP contribution in [0.2, 0.25) is 0 Å². The molecule has 0 aliphatic rings. The van der Waals surface area contributed by atoms with Gasteiger partial charge in [-0.05, 0) is 31.2 Å². The van der Waals surface area contributed by atoms with Gasteiger partial charge in [-0.2, -0.15) is 0 Å². The number of esters is 1. The number of hydrogen-bond donors (Lipinski definition) is 1. The average molecular weight is 195 g/mol. The number of rotatable bonds is 4. The summed E-state index contributed by atoms with van der Waals surface area (Å²) in [5.41, 5.74) is 6.11. The maximum absolute atomic E-state index is 11.1. The topological polar surface area (TPSA) is 61.5 Å². The normalized spacial score (nSPS) is 9.79. The van der Waals surface area contributed by atoms with Gasteiger partial charge < -0.3 is 15.2 Å². The third-order valence-electron chi connectivity index (χ3n) is 1.54. The molecule has 0 aliphatic heterocycles. The van der Waals surface area contributed by atoms with Gasteiger partial charge in [0.15, 0.2) is 0 Å². The molecule has 76 valence electrons. The average Bonchev–Trinajstić information content (AvgIpc) is 2.18. The van der Waals surface area contributed by atoms with E-state index in [4.69, 9.17) is 15.2 Å². The van der Waals surface area contributed by atoms with Crippen molar-refractivity contribution in [3.8, 4) is 5.75 Å². The Hall–Kier alpha value is -1.55. The molecule has 0 aromatic heterocycles. The number of carbonyl (C=O) groups excluding carboxylic acids is 1. The lowest BCUT2D eigenvalue weighted by atomic mass is 10.3. The molecular formula is C10H13NO3. The minimum Gasteiger partial charge on any atom is -0.425 e. The Morgan fingerprint density at radius 2 is 2.00 bits per heavy atom. The molecule has 2 N–H and O–H groups in total. The molecule has 0 saturated carbocycles. The molecule has 0 bridgehead atoms. The SMILES string of the molecule is CCOCC(=O)Oc1ccc(N)cc1. The molecule has 0 fully saturated rings. The van der Waals surface area contributed by atoms with E-state index in [0.717, 1.165) is 0 Å². The molecule has 0 atom stereocenters. The lowest BCUT2D eigenvalue weighted by molar-refractivity contribution is -0.139. The van der Waals surface area contributed by atoms with Gasteiger partial charge >= 0.3 is 5.97 Å². The fourth-order valence-corrected chi connectivity index (χ4v) is 0.882. The molecule has 1 rings (SSSR count). The van der Waals surface area contributed by atoms with E-state index >= 15 is 0 Å². The van der Waals surface area contributed by atoms with Gasteiger partial charge in [-0.25, -0.2) is 4.79 Å². The van der Waals surface area contributed by atoms with Crippen molar-refractivity contribution in [3.05, 3.63) is 24.3 Å². The Kier molecular flexibility index (Phi) is 3.94. The van der Waals surface area contributed by atoms with Crippen molar-refractivity contribution in [2.45, 2.75) is 6.92 Å². The van der Waals surface area contributed by atoms with Gasteiger partial charge in [0.05, 0.1) is 0 Å². The fraction of sp³-hybridized carbons (Fsp3) is 0.300. The van der Waals surface area contributed by atoms with Gasteiger partial charge in [0.2, 0.25) is 0 Å². The predicted octanol–water partition coefficient (Wildman–Crippen LogP) is 1.21. The van der Waals surface area contributed by atoms with Crippen molar-refractivity contribution >= 4 is 11.7 Å². The lowest BCUT2D eigenvalue weighted by Gasteiger charge is -2.03. The molecule has 1 aromatic carbocycles. The van der Waals surface area contributed by atoms with E-state index in [1.807, 2.05) is 6.92 Å². The highest BCUT2D eigenvalue weighted by Crippen LogP contribution is 2.12. The third-order valence-corrected chi connectivity index (χ3v) is 1.54. The summed E-state index contributed by atoms with van der Waals surface area (Å²) in [6.07, 6.45) is 0. The summed E-state index contributed by atoms with van der Waals surface area (Å²) in [6.45, 7) is 2.29. The van der Waals surface area contributed by atoms with Gasteiger partial charge in [-0.3, -0.25) is 0 Å². The van der Waals surface area contributed by atoms with Gasteiger partial charge in [0.25, 0.3) is 0 Å². The molecule has 0 amide bonds. The second-order valence-corrected chi connectivity index (χ2v) is 2.68. The molecule has 14 heavy (non-hydrogen) atoms. The minimum atomic E-state index is -0.406. The number of ether oxygens (including phenoxy) is 2. The van der Waals surface area contributed by atoms with Crippen LogP contribution < -0.4 is 10.5 Å². The van der Waals surface area contributed by atoms with E-state index < -0.39 is 5.97 Å². The molecule has 0 unspecified atom stereocenters. The summed E-state index contributed by atoms with van der Waals surface area (Å²) in [6, 6.07) is 6.62. The molecule has 0 spiro atoms. The van der Waals surface area contributed by atoms with Crippen molar-refractivity contribution < 1.29 is 14.3 Å². The summed E-state index contributed by atoms with van der Waals surface area (Å²) in [4.78, 5) is 11.1. The van der Waals surface area contributed by atoms with Gasteiger partial charge in [0, 0.05) is 12.3 Å². The van der Waals surface area contributed by atoms with Crippen LogP contribution in [0, 0.1) is 0 Å². The van der Waals surface area contributed by atoms with Crippen molar-refractivity contribution in [2.75, 3.05) is 18.9 Å². The lowest BCUT2D eigenvalue weighted by Crippen LogP contribution is -2.15. The maximum Gasteiger partial charge on any atom is 0.337 e. The van der Waals surface area contributed by atoms with Crippen LogP contribution in [0.15, 0.2) is 24.3 Å². The Labute approximate surface area is 82.6 Å². The summed E-state index contributed by atoms with van der Waals surface area (Å²) < 4.78 is 9.84. The first-order valence-corrected chi connectivity index (χ1v) is 4.36. The van der Waals surface area contributed by atoms with Crippen LogP contribution in [-0.2, 0) is 9.53 Å². The zero-order valence-electron chi connectivity index (χ0n) is 8.03. The Morgan fingerprint density at radius 1 is 1.36 bits per heavy atom. The van der Waals surface area contributed by atoms with Crippen LogP contribution in [-0.4, -0.2) is 19.2 Å². The van der Waals surface area contributed by atoms with E-state index in [1.165, 1.54) is 0 Å². The van der Waals surface area contributed by atoms with Crippen LogP contribution in [0.25, 0.3) is 0 Å². The molecular weight excluding hydrogens is 182 g/mol. The monoisotopic (exact) mass is 195 g/mol. The van der Waals surface area contributed by atoms with Gasteiger partial charge in [-0.1, -0.05) is 0 Å². The van der Waals surface area contributed by atoms with Crippen LogP contribution >= 0.6 is 0 Å². The highest BCUT2D eigenvalue weighted by molar-refractivity contribution is 5.73. The molecule has 4 nitrogen and oxygen atoms in total. The Morgan fingerprint density at radius 3 is 2.57 bits per heavy atom. The van der Waals surface area contributed by atoms with Crippen molar-refractivity contribution in [2.24, 2.45) is 0 Å². The second kappa shape index (κ2) is 5.24. The molecule has 0 heterocycles. The standard InChI is InChI=1S/C10H13NO3/c1-2-13-7-10(12)14-9-5-3-8(11)4-6-9/h3-6H,2,7,11H2,1H3. The third kappa shape index (κ3) is 3.45. The summed E-state index contributed by atoms with van der Waals surface area (Å²) in [7, 11) is 0. The molecule has 0 radical (unpaired) electrons. The van der Waals surface area contributed by atoms with Crippen LogP contribution in [0.4, 0.5) is 5.69 Å². The van der Waals surface area contributed by atoms with E-state index in [1.54, 1.807) is 24.3 Å². The smallest absolute Gasteiger partial charge is 0.337 e. The van der Waals surface area contributed by atoms with E-state index in [-0.39, 0.29) is 6.61 Å².